The summed E-state index contributed by atoms with van der Waals surface area (Å²) in [6, 6.07) is 2.05. The molecule has 4 unspecified atom stereocenters. The average molecular weight is 299 g/mol. The van der Waals surface area contributed by atoms with E-state index in [4.69, 9.17) is 15.1 Å². The van der Waals surface area contributed by atoms with E-state index >= 15 is 0 Å². The largest absolute Gasteiger partial charge is 3.00 e. The first-order valence-electron chi connectivity index (χ1n) is 5.01. The molecule has 0 radical (unpaired) electrons. The number of nitrogens with zero attached hydrogens (tertiary/aromatic N) is 1. The van der Waals surface area contributed by atoms with Gasteiger partial charge in [-0.25, -0.2) is 0 Å². The topological polar surface area (TPSA) is 73.5 Å². The standard InChI is InChI=1S/C11H16NO3.Y/c1-8(13)4-5-11-9(3-2-6-12)10(14)7-15-11;/h4-5,8-11,13-14H,1-3,7H2;/q-1;+3/b5-4+;. The van der Waals surface area contributed by atoms with E-state index in [1.807, 2.05) is 6.07 Å². The molecule has 4 atom stereocenters. The van der Waals surface area contributed by atoms with Crippen molar-refractivity contribution in [3.63, 3.8) is 0 Å². The van der Waals surface area contributed by atoms with Crippen LogP contribution in [0.1, 0.15) is 12.8 Å². The zero-order chi connectivity index (χ0) is 11.3. The molecular formula is C11H16NO3Y+2. The van der Waals surface area contributed by atoms with Crippen LogP contribution in [0.2, 0.25) is 0 Å². The molecule has 0 aromatic rings. The fraction of sp³-hybridized carbons (Fsp3) is 0.636. The van der Waals surface area contributed by atoms with Crippen LogP contribution in [0.25, 0.3) is 0 Å². The van der Waals surface area contributed by atoms with Crippen LogP contribution in [0.5, 0.6) is 0 Å². The molecule has 0 saturated carbocycles. The first-order valence-corrected chi connectivity index (χ1v) is 5.01. The zero-order valence-electron chi connectivity index (χ0n) is 9.12. The van der Waals surface area contributed by atoms with Gasteiger partial charge in [0.2, 0.25) is 0 Å². The molecule has 0 aromatic heterocycles. The Morgan fingerprint density at radius 1 is 1.62 bits per heavy atom. The van der Waals surface area contributed by atoms with Crippen molar-refractivity contribution in [3.05, 3.63) is 19.1 Å². The molecule has 16 heavy (non-hydrogen) atoms. The quantitative estimate of drug-likeness (QED) is 0.583. The van der Waals surface area contributed by atoms with E-state index in [-0.39, 0.29) is 44.7 Å². The predicted octanol–water partition coefficient (Wildman–Crippen LogP) is 0.415. The van der Waals surface area contributed by atoms with Gasteiger partial charge in [0.25, 0.3) is 0 Å². The fourth-order valence-corrected chi connectivity index (χ4v) is 1.70. The fourth-order valence-electron chi connectivity index (χ4n) is 1.70. The molecule has 1 rings (SSSR count). The van der Waals surface area contributed by atoms with Gasteiger partial charge < -0.3 is 21.9 Å². The monoisotopic (exact) mass is 299 g/mol. The summed E-state index contributed by atoms with van der Waals surface area (Å²) in [5.41, 5.74) is 0. The van der Waals surface area contributed by atoms with Gasteiger partial charge in [-0.15, -0.1) is 0 Å². The minimum absolute atomic E-state index is 0. The number of hydrogen-bond acceptors (Lipinski definition) is 4. The van der Waals surface area contributed by atoms with Crippen molar-refractivity contribution in [2.75, 3.05) is 6.61 Å². The van der Waals surface area contributed by atoms with E-state index in [0.29, 0.717) is 19.4 Å². The number of ether oxygens (including phenoxy) is 1. The molecule has 84 valence electrons. The van der Waals surface area contributed by atoms with E-state index in [9.17, 15) is 5.11 Å². The van der Waals surface area contributed by atoms with E-state index in [2.05, 4.69) is 6.92 Å². The molecule has 4 nitrogen and oxygen atoms in total. The third-order valence-electron chi connectivity index (χ3n) is 2.49. The maximum Gasteiger partial charge on any atom is 3.00 e. The third-order valence-corrected chi connectivity index (χ3v) is 2.49. The Morgan fingerprint density at radius 3 is 2.88 bits per heavy atom. The Bertz CT molecular complexity index is 262. The van der Waals surface area contributed by atoms with Crippen molar-refractivity contribution in [2.45, 2.75) is 31.2 Å². The number of rotatable bonds is 4. The van der Waals surface area contributed by atoms with Crippen molar-refractivity contribution in [1.29, 1.82) is 5.26 Å². The number of aliphatic hydroxyl groups is 2. The minimum Gasteiger partial charge on any atom is -0.421 e. The average Bonchev–Trinajstić information content (AvgIpc) is 2.53. The SMILES string of the molecule is [CH2-]C(O)/C=C/C1OCC(O)C1CCC#N.[Y+3]. The minimum atomic E-state index is -0.761. The van der Waals surface area contributed by atoms with Gasteiger partial charge in [0.1, 0.15) is 0 Å². The third kappa shape index (κ3) is 5.03. The van der Waals surface area contributed by atoms with Gasteiger partial charge in [-0.3, -0.25) is 0 Å². The summed E-state index contributed by atoms with van der Waals surface area (Å²) in [4.78, 5) is 0. The van der Waals surface area contributed by atoms with Crippen LogP contribution in [0.3, 0.4) is 0 Å². The smallest absolute Gasteiger partial charge is 0.421 e. The Hall–Kier alpha value is 0.214. The summed E-state index contributed by atoms with van der Waals surface area (Å²) in [6.45, 7) is 3.69. The summed E-state index contributed by atoms with van der Waals surface area (Å²) >= 11 is 0. The molecule has 1 fully saturated rings. The zero-order valence-corrected chi connectivity index (χ0v) is 12.0. The van der Waals surface area contributed by atoms with Crippen LogP contribution in [0, 0.1) is 24.2 Å². The van der Waals surface area contributed by atoms with Crippen molar-refractivity contribution in [1.82, 2.24) is 0 Å². The molecule has 0 spiro atoms. The summed E-state index contributed by atoms with van der Waals surface area (Å²) in [5, 5.41) is 27.1. The van der Waals surface area contributed by atoms with Crippen LogP contribution in [0.4, 0.5) is 0 Å². The van der Waals surface area contributed by atoms with Crippen LogP contribution in [-0.4, -0.2) is 35.1 Å². The van der Waals surface area contributed by atoms with Crippen molar-refractivity contribution < 1.29 is 47.7 Å². The number of hydrogen-bond donors (Lipinski definition) is 2. The number of aliphatic hydroxyl groups excluding tert-OH is 2. The van der Waals surface area contributed by atoms with Gasteiger partial charge in [0, 0.05) is 12.3 Å². The van der Waals surface area contributed by atoms with Crippen LogP contribution in [0.15, 0.2) is 12.2 Å². The first-order chi connectivity index (χ1) is 7.15. The maximum absolute atomic E-state index is 9.60. The molecule has 0 aromatic carbocycles. The first kappa shape index (κ1) is 16.2. The van der Waals surface area contributed by atoms with Gasteiger partial charge in [-0.1, -0.05) is 18.3 Å². The van der Waals surface area contributed by atoms with Gasteiger partial charge in [-0.2, -0.15) is 5.26 Å². The van der Waals surface area contributed by atoms with Gasteiger partial charge in [0.15, 0.2) is 0 Å². The van der Waals surface area contributed by atoms with Crippen molar-refractivity contribution in [3.8, 4) is 6.07 Å². The Kier molecular flexibility index (Phi) is 8.44. The molecule has 1 heterocycles. The Balaban J connectivity index is 0.00000225. The molecule has 1 saturated heterocycles. The summed E-state index contributed by atoms with van der Waals surface area (Å²) in [5.74, 6) is -0.0559. The van der Waals surface area contributed by atoms with E-state index < -0.39 is 12.2 Å². The van der Waals surface area contributed by atoms with E-state index in [0.717, 1.165) is 0 Å². The molecule has 0 aliphatic carbocycles. The normalized spacial score (nSPS) is 31.0. The van der Waals surface area contributed by atoms with Crippen LogP contribution in [-0.2, 0) is 37.4 Å². The second-order valence-electron chi connectivity index (χ2n) is 3.68. The molecular weight excluding hydrogens is 283 g/mol. The van der Waals surface area contributed by atoms with Gasteiger partial charge in [0.05, 0.1) is 24.9 Å². The number of nitriles is 1. The molecule has 2 N–H and O–H groups in total. The molecule has 1 aliphatic heterocycles. The molecule has 0 bridgehead atoms. The van der Waals surface area contributed by atoms with Crippen molar-refractivity contribution >= 4 is 0 Å². The second-order valence-corrected chi connectivity index (χ2v) is 3.68. The molecule has 0 amide bonds. The Morgan fingerprint density at radius 2 is 2.31 bits per heavy atom. The van der Waals surface area contributed by atoms with E-state index in [1.165, 1.54) is 6.08 Å². The van der Waals surface area contributed by atoms with Crippen molar-refractivity contribution in [2.24, 2.45) is 5.92 Å². The maximum atomic E-state index is 9.60. The summed E-state index contributed by atoms with van der Waals surface area (Å²) in [7, 11) is 0. The summed E-state index contributed by atoms with van der Waals surface area (Å²) < 4.78 is 5.34. The second kappa shape index (κ2) is 8.33. The van der Waals surface area contributed by atoms with Crippen LogP contribution < -0.4 is 0 Å². The van der Waals surface area contributed by atoms with Gasteiger partial charge in [-0.05, 0) is 6.42 Å². The van der Waals surface area contributed by atoms with Crippen LogP contribution >= 0.6 is 0 Å². The molecule has 1 aliphatic rings. The molecule has 5 heteroatoms. The van der Waals surface area contributed by atoms with E-state index in [1.54, 1.807) is 6.08 Å². The predicted molar refractivity (Wildman–Crippen MR) is 54.6 cm³/mol. The Labute approximate surface area is 121 Å². The summed E-state index contributed by atoms with van der Waals surface area (Å²) in [6.07, 6.45) is 2.75. The van der Waals surface area contributed by atoms with Gasteiger partial charge >= 0.3 is 32.7 Å².